The van der Waals surface area contributed by atoms with Crippen LogP contribution in [0.15, 0.2) is 138 Å². The number of nitrogens with one attached hydrogen (secondary N) is 1. The molecule has 0 heterocycles. The summed E-state index contributed by atoms with van der Waals surface area (Å²) in [5.74, 6) is 0.222. The van der Waals surface area contributed by atoms with Crippen molar-refractivity contribution in [3.05, 3.63) is 155 Å². The molecule has 0 aromatic heterocycles. The van der Waals surface area contributed by atoms with Crippen LogP contribution in [0, 0.1) is 6.92 Å². The van der Waals surface area contributed by atoms with Crippen LogP contribution in [-0.2, 0) is 32.6 Å². The van der Waals surface area contributed by atoms with Crippen LogP contribution in [0.2, 0.25) is 5.02 Å². The number of para-hydroxylation sites is 1. The van der Waals surface area contributed by atoms with Crippen molar-refractivity contribution in [3.8, 4) is 11.5 Å². The third kappa shape index (κ3) is 9.52. The van der Waals surface area contributed by atoms with Crippen molar-refractivity contribution in [1.29, 1.82) is 0 Å². The van der Waals surface area contributed by atoms with Gasteiger partial charge in [-0.15, -0.1) is 0 Å². The molecule has 0 fully saturated rings. The predicted octanol–water partition coefficient (Wildman–Crippen LogP) is 7.80. The molecule has 0 saturated heterocycles. The Labute approximate surface area is 299 Å². The largest absolute Gasteiger partial charge is 0.457 e. The van der Waals surface area contributed by atoms with E-state index in [9.17, 15) is 18.0 Å². The molecule has 1 atom stereocenters. The number of aryl methyl sites for hydroxylation is 1. The Kier molecular flexibility index (Phi) is 12.0. The van der Waals surface area contributed by atoms with Gasteiger partial charge >= 0.3 is 0 Å². The van der Waals surface area contributed by atoms with Crippen LogP contribution >= 0.6 is 11.6 Å². The SMILES string of the molecule is Cc1ccc(S(=O)(=O)N(CC(=O)N(Cc2ccc(Cl)cc2)C(Cc2ccccc2)C(=O)NC(C)C)c2ccc(Oc3ccccc3)cc2)cc1. The van der Waals surface area contributed by atoms with Gasteiger partial charge in [0.15, 0.2) is 0 Å². The van der Waals surface area contributed by atoms with Gasteiger partial charge in [0.1, 0.15) is 24.1 Å². The van der Waals surface area contributed by atoms with Gasteiger partial charge in [-0.3, -0.25) is 13.9 Å². The number of carbonyl (C=O) groups is 2. The Morgan fingerprint density at radius 1 is 0.740 bits per heavy atom. The second kappa shape index (κ2) is 16.5. The van der Waals surface area contributed by atoms with E-state index in [-0.39, 0.29) is 35.5 Å². The first-order chi connectivity index (χ1) is 24.0. The fraction of sp³-hybridized carbons (Fsp3) is 0.200. The Balaban J connectivity index is 1.55. The number of nitrogens with zero attached hydrogens (tertiary/aromatic N) is 2. The quantitative estimate of drug-likeness (QED) is 0.127. The van der Waals surface area contributed by atoms with Crippen molar-refractivity contribution in [2.24, 2.45) is 0 Å². The fourth-order valence-electron chi connectivity index (χ4n) is 5.39. The summed E-state index contributed by atoms with van der Waals surface area (Å²) in [6, 6.07) is 37.5. The predicted molar refractivity (Wildman–Crippen MR) is 198 cm³/mol. The maximum absolute atomic E-state index is 14.6. The van der Waals surface area contributed by atoms with E-state index in [1.807, 2.05) is 81.4 Å². The van der Waals surface area contributed by atoms with Gasteiger partial charge in [0.2, 0.25) is 11.8 Å². The van der Waals surface area contributed by atoms with Crippen molar-refractivity contribution in [2.75, 3.05) is 10.8 Å². The molecule has 5 aromatic carbocycles. The van der Waals surface area contributed by atoms with E-state index in [1.165, 1.54) is 17.0 Å². The standard InChI is InChI=1S/C40H40ClN3O5S/c1-29(2)42-40(46)38(26-31-10-6-4-7-11-31)43(27-32-16-18-33(41)19-17-32)39(45)28-44(50(47,48)37-24-14-30(3)15-25-37)34-20-22-36(23-21-34)49-35-12-8-5-9-13-35/h4-25,29,38H,26-28H2,1-3H3,(H,42,46). The molecule has 10 heteroatoms. The molecule has 0 aliphatic heterocycles. The van der Waals surface area contributed by atoms with Gasteiger partial charge in [0.05, 0.1) is 10.6 Å². The van der Waals surface area contributed by atoms with E-state index in [0.29, 0.717) is 16.5 Å². The Hall–Kier alpha value is -5.12. The molecule has 5 aromatic rings. The van der Waals surface area contributed by atoms with Crippen LogP contribution < -0.4 is 14.4 Å². The lowest BCUT2D eigenvalue weighted by atomic mass is 10.0. The molecule has 0 spiro atoms. The molecular weight excluding hydrogens is 670 g/mol. The summed E-state index contributed by atoms with van der Waals surface area (Å²) >= 11 is 6.17. The van der Waals surface area contributed by atoms with Gasteiger partial charge in [-0.05, 0) is 92.6 Å². The lowest BCUT2D eigenvalue weighted by Crippen LogP contribution is -2.54. The highest BCUT2D eigenvalue weighted by atomic mass is 35.5. The van der Waals surface area contributed by atoms with Crippen molar-refractivity contribution >= 4 is 39.1 Å². The van der Waals surface area contributed by atoms with Gasteiger partial charge in [-0.25, -0.2) is 8.42 Å². The zero-order chi connectivity index (χ0) is 35.7. The van der Waals surface area contributed by atoms with E-state index in [2.05, 4.69) is 5.32 Å². The summed E-state index contributed by atoms with van der Waals surface area (Å²) in [5.41, 5.74) is 2.73. The number of amides is 2. The van der Waals surface area contributed by atoms with Crippen LogP contribution in [0.5, 0.6) is 11.5 Å². The lowest BCUT2D eigenvalue weighted by Gasteiger charge is -2.34. The van der Waals surface area contributed by atoms with Crippen molar-refractivity contribution in [2.45, 2.75) is 50.7 Å². The second-order valence-electron chi connectivity index (χ2n) is 12.3. The summed E-state index contributed by atoms with van der Waals surface area (Å²) in [7, 11) is -4.25. The molecule has 258 valence electrons. The average Bonchev–Trinajstić information content (AvgIpc) is 3.10. The van der Waals surface area contributed by atoms with E-state index in [1.54, 1.807) is 60.7 Å². The zero-order valence-electron chi connectivity index (χ0n) is 28.2. The van der Waals surface area contributed by atoms with E-state index >= 15 is 0 Å². The maximum Gasteiger partial charge on any atom is 0.264 e. The monoisotopic (exact) mass is 709 g/mol. The number of halogens is 1. The van der Waals surface area contributed by atoms with Crippen molar-refractivity contribution in [3.63, 3.8) is 0 Å². The molecule has 2 amide bonds. The Bertz CT molecular complexity index is 1970. The topological polar surface area (TPSA) is 96.0 Å². The maximum atomic E-state index is 14.6. The minimum Gasteiger partial charge on any atom is -0.457 e. The molecule has 50 heavy (non-hydrogen) atoms. The molecule has 5 rings (SSSR count). The molecule has 0 saturated carbocycles. The highest BCUT2D eigenvalue weighted by Crippen LogP contribution is 2.29. The minimum atomic E-state index is -4.25. The van der Waals surface area contributed by atoms with Gasteiger partial charge in [0, 0.05) is 24.0 Å². The smallest absolute Gasteiger partial charge is 0.264 e. The van der Waals surface area contributed by atoms with Gasteiger partial charge in [-0.1, -0.05) is 90.0 Å². The Morgan fingerprint density at radius 2 is 1.32 bits per heavy atom. The summed E-state index contributed by atoms with van der Waals surface area (Å²) in [6.07, 6.45) is 0.217. The second-order valence-corrected chi connectivity index (χ2v) is 14.5. The zero-order valence-corrected chi connectivity index (χ0v) is 29.8. The molecule has 0 bridgehead atoms. The van der Waals surface area contributed by atoms with Crippen LogP contribution in [0.1, 0.15) is 30.5 Å². The number of sulfonamides is 1. The van der Waals surface area contributed by atoms with Crippen molar-refractivity contribution < 1.29 is 22.7 Å². The number of rotatable bonds is 14. The number of ether oxygens (including phenoxy) is 1. The third-order valence-corrected chi connectivity index (χ3v) is 10.00. The number of hydrogen-bond donors (Lipinski definition) is 1. The molecular formula is C40H40ClN3O5S. The third-order valence-electron chi connectivity index (χ3n) is 7.96. The van der Waals surface area contributed by atoms with Gasteiger partial charge in [-0.2, -0.15) is 0 Å². The fourth-order valence-corrected chi connectivity index (χ4v) is 6.93. The number of benzene rings is 5. The van der Waals surface area contributed by atoms with Crippen LogP contribution in [0.4, 0.5) is 5.69 Å². The first kappa shape index (κ1) is 36.2. The van der Waals surface area contributed by atoms with Crippen LogP contribution in [0.3, 0.4) is 0 Å². The normalized spacial score (nSPS) is 11.9. The molecule has 0 radical (unpaired) electrons. The molecule has 1 N–H and O–H groups in total. The number of carbonyl (C=O) groups excluding carboxylic acids is 2. The molecule has 1 unspecified atom stereocenters. The van der Waals surface area contributed by atoms with Crippen LogP contribution in [0.25, 0.3) is 0 Å². The Morgan fingerprint density at radius 3 is 1.92 bits per heavy atom. The van der Waals surface area contributed by atoms with E-state index in [4.69, 9.17) is 16.3 Å². The lowest BCUT2D eigenvalue weighted by molar-refractivity contribution is -0.140. The average molecular weight is 710 g/mol. The molecule has 8 nitrogen and oxygen atoms in total. The van der Waals surface area contributed by atoms with E-state index < -0.39 is 28.5 Å². The molecule has 0 aliphatic rings. The van der Waals surface area contributed by atoms with Crippen molar-refractivity contribution in [1.82, 2.24) is 10.2 Å². The summed E-state index contributed by atoms with van der Waals surface area (Å²) in [6.45, 7) is 5.05. The highest BCUT2D eigenvalue weighted by Gasteiger charge is 2.35. The number of hydrogen-bond acceptors (Lipinski definition) is 5. The van der Waals surface area contributed by atoms with Gasteiger partial charge < -0.3 is 15.0 Å². The summed E-state index contributed by atoms with van der Waals surface area (Å²) < 4.78 is 35.7. The summed E-state index contributed by atoms with van der Waals surface area (Å²) in [4.78, 5) is 30.0. The first-order valence-electron chi connectivity index (χ1n) is 16.3. The van der Waals surface area contributed by atoms with E-state index in [0.717, 1.165) is 21.0 Å². The first-order valence-corrected chi connectivity index (χ1v) is 18.1. The van der Waals surface area contributed by atoms with Crippen LogP contribution in [-0.4, -0.2) is 43.8 Å². The van der Waals surface area contributed by atoms with Gasteiger partial charge in [0.25, 0.3) is 10.0 Å². The highest BCUT2D eigenvalue weighted by molar-refractivity contribution is 7.92. The molecule has 0 aliphatic carbocycles. The minimum absolute atomic E-state index is 0.0307. The summed E-state index contributed by atoms with van der Waals surface area (Å²) in [5, 5.41) is 3.49. The number of anilines is 1.